The standard InChI is InChI=1S/C21H22N4O2/c1-14-4-6-17(7-5-14)24-11-10-23(13-19(24)26)21(27)20-16(3)22-18-12-15(2)8-9-25(18)20/h4-9,12H,10-11,13H2,1-3H3. The number of hydrogen-bond acceptors (Lipinski definition) is 3. The highest BCUT2D eigenvalue weighted by Gasteiger charge is 2.30. The van der Waals surface area contributed by atoms with Crippen LogP contribution in [0.5, 0.6) is 0 Å². The van der Waals surface area contributed by atoms with Gasteiger partial charge in [0.15, 0.2) is 0 Å². The Labute approximate surface area is 158 Å². The first kappa shape index (κ1) is 17.3. The number of carbonyl (C=O) groups excluding carboxylic acids is 2. The molecule has 0 aliphatic carbocycles. The van der Waals surface area contributed by atoms with Crippen molar-refractivity contribution in [1.82, 2.24) is 14.3 Å². The third kappa shape index (κ3) is 3.07. The number of piperazine rings is 1. The number of pyridine rings is 1. The molecule has 0 saturated carbocycles. The van der Waals surface area contributed by atoms with Crippen LogP contribution in [0.3, 0.4) is 0 Å². The summed E-state index contributed by atoms with van der Waals surface area (Å²) >= 11 is 0. The van der Waals surface area contributed by atoms with E-state index in [1.807, 2.05) is 67.8 Å². The zero-order valence-corrected chi connectivity index (χ0v) is 15.8. The Morgan fingerprint density at radius 3 is 2.44 bits per heavy atom. The lowest BCUT2D eigenvalue weighted by atomic mass is 10.2. The Kier molecular flexibility index (Phi) is 4.18. The highest BCUT2D eigenvalue weighted by Crippen LogP contribution is 2.21. The van der Waals surface area contributed by atoms with Crippen LogP contribution in [0.1, 0.15) is 27.3 Å². The zero-order valence-electron chi connectivity index (χ0n) is 15.8. The number of carbonyl (C=O) groups is 2. The van der Waals surface area contributed by atoms with Crippen molar-refractivity contribution in [2.45, 2.75) is 20.8 Å². The van der Waals surface area contributed by atoms with E-state index in [2.05, 4.69) is 4.98 Å². The van der Waals surface area contributed by atoms with E-state index in [0.717, 1.165) is 22.5 Å². The number of anilines is 1. The van der Waals surface area contributed by atoms with Gasteiger partial charge in [-0.25, -0.2) is 4.98 Å². The molecular weight excluding hydrogens is 340 g/mol. The molecule has 6 nitrogen and oxygen atoms in total. The van der Waals surface area contributed by atoms with Gasteiger partial charge >= 0.3 is 0 Å². The average Bonchev–Trinajstić information content (AvgIpc) is 2.96. The Morgan fingerprint density at radius 2 is 1.74 bits per heavy atom. The van der Waals surface area contributed by atoms with E-state index in [1.54, 1.807) is 9.80 Å². The molecule has 3 aromatic rings. The van der Waals surface area contributed by atoms with Gasteiger partial charge in [-0.15, -0.1) is 0 Å². The van der Waals surface area contributed by atoms with Gasteiger partial charge in [0.2, 0.25) is 5.91 Å². The second-order valence-corrected chi connectivity index (χ2v) is 7.09. The van der Waals surface area contributed by atoms with E-state index < -0.39 is 0 Å². The highest BCUT2D eigenvalue weighted by molar-refractivity contribution is 6.01. The van der Waals surface area contributed by atoms with Gasteiger partial charge in [-0.3, -0.25) is 14.0 Å². The van der Waals surface area contributed by atoms with Gasteiger partial charge in [-0.2, -0.15) is 0 Å². The van der Waals surface area contributed by atoms with E-state index in [0.29, 0.717) is 24.5 Å². The summed E-state index contributed by atoms with van der Waals surface area (Å²) < 4.78 is 1.81. The molecule has 1 fully saturated rings. The normalized spacial score (nSPS) is 14.9. The lowest BCUT2D eigenvalue weighted by Gasteiger charge is -2.34. The van der Waals surface area contributed by atoms with Crippen molar-refractivity contribution < 1.29 is 9.59 Å². The summed E-state index contributed by atoms with van der Waals surface area (Å²) in [5, 5.41) is 0. The summed E-state index contributed by atoms with van der Waals surface area (Å²) in [4.78, 5) is 33.6. The minimum absolute atomic E-state index is 0.0687. The van der Waals surface area contributed by atoms with Crippen molar-refractivity contribution in [3.63, 3.8) is 0 Å². The smallest absolute Gasteiger partial charge is 0.273 e. The number of aromatic nitrogens is 2. The Bertz CT molecular complexity index is 1040. The van der Waals surface area contributed by atoms with Crippen molar-refractivity contribution in [3.8, 4) is 0 Å². The third-order valence-corrected chi connectivity index (χ3v) is 5.01. The molecule has 0 unspecified atom stereocenters. The summed E-state index contributed by atoms with van der Waals surface area (Å²) in [6.07, 6.45) is 1.86. The number of fused-ring (bicyclic) bond motifs is 1. The minimum Gasteiger partial charge on any atom is -0.326 e. The topological polar surface area (TPSA) is 57.9 Å². The van der Waals surface area contributed by atoms with Gasteiger partial charge in [0.1, 0.15) is 17.9 Å². The molecule has 0 bridgehead atoms. The van der Waals surface area contributed by atoms with Crippen LogP contribution in [0.2, 0.25) is 0 Å². The summed E-state index contributed by atoms with van der Waals surface area (Å²) in [7, 11) is 0. The van der Waals surface area contributed by atoms with E-state index >= 15 is 0 Å². The number of rotatable bonds is 2. The average molecular weight is 362 g/mol. The molecule has 2 amide bonds. The summed E-state index contributed by atoms with van der Waals surface area (Å²) in [6, 6.07) is 11.8. The van der Waals surface area contributed by atoms with Crippen LogP contribution in [0.15, 0.2) is 42.6 Å². The summed E-state index contributed by atoms with van der Waals surface area (Å²) in [5.41, 5.74) is 5.08. The highest BCUT2D eigenvalue weighted by atomic mass is 16.2. The van der Waals surface area contributed by atoms with Gasteiger partial charge < -0.3 is 9.80 Å². The van der Waals surface area contributed by atoms with E-state index in [1.165, 1.54) is 0 Å². The first-order chi connectivity index (χ1) is 12.9. The summed E-state index contributed by atoms with van der Waals surface area (Å²) in [5.74, 6) is -0.221. The Hall–Kier alpha value is -3.15. The molecule has 1 aromatic carbocycles. The first-order valence-electron chi connectivity index (χ1n) is 9.05. The van der Waals surface area contributed by atoms with Gasteiger partial charge in [-0.1, -0.05) is 17.7 Å². The Morgan fingerprint density at radius 1 is 1.00 bits per heavy atom. The van der Waals surface area contributed by atoms with Crippen LogP contribution in [-0.4, -0.2) is 45.7 Å². The Balaban J connectivity index is 1.57. The lowest BCUT2D eigenvalue weighted by molar-refractivity contribution is -0.120. The molecule has 3 heterocycles. The van der Waals surface area contributed by atoms with Gasteiger partial charge in [0.25, 0.3) is 5.91 Å². The van der Waals surface area contributed by atoms with E-state index in [9.17, 15) is 9.59 Å². The molecule has 0 N–H and O–H groups in total. The van der Waals surface area contributed by atoms with Crippen LogP contribution >= 0.6 is 0 Å². The SMILES string of the molecule is Cc1ccc(N2CCN(C(=O)c3c(C)nc4cc(C)ccn34)CC2=O)cc1. The minimum atomic E-state index is -0.152. The fourth-order valence-electron chi connectivity index (χ4n) is 3.52. The van der Waals surface area contributed by atoms with E-state index in [-0.39, 0.29) is 18.4 Å². The van der Waals surface area contributed by atoms with Crippen molar-refractivity contribution in [2.24, 2.45) is 0 Å². The molecule has 4 rings (SSSR count). The largest absolute Gasteiger partial charge is 0.326 e. The molecular formula is C21H22N4O2. The maximum Gasteiger partial charge on any atom is 0.273 e. The number of benzene rings is 1. The molecule has 1 aliphatic rings. The van der Waals surface area contributed by atoms with Crippen LogP contribution in [0.25, 0.3) is 5.65 Å². The molecule has 2 aromatic heterocycles. The van der Waals surface area contributed by atoms with Crippen molar-refractivity contribution in [1.29, 1.82) is 0 Å². The van der Waals surface area contributed by atoms with Gasteiger partial charge in [-0.05, 0) is 50.6 Å². The van der Waals surface area contributed by atoms with Crippen molar-refractivity contribution >= 4 is 23.1 Å². The number of imidazole rings is 1. The molecule has 6 heteroatoms. The van der Waals surface area contributed by atoms with Gasteiger partial charge in [0, 0.05) is 25.0 Å². The predicted octanol–water partition coefficient (Wildman–Crippen LogP) is 2.75. The fourth-order valence-corrected chi connectivity index (χ4v) is 3.52. The molecule has 138 valence electrons. The first-order valence-corrected chi connectivity index (χ1v) is 9.05. The molecule has 0 spiro atoms. The number of nitrogens with zero attached hydrogens (tertiary/aromatic N) is 4. The fraction of sp³-hybridized carbons (Fsp3) is 0.286. The van der Waals surface area contributed by atoms with Gasteiger partial charge in [0.05, 0.1) is 5.69 Å². The maximum absolute atomic E-state index is 13.1. The molecule has 0 atom stereocenters. The molecule has 1 saturated heterocycles. The quantitative estimate of drug-likeness (QED) is 0.704. The van der Waals surface area contributed by atoms with Crippen LogP contribution < -0.4 is 4.90 Å². The number of aryl methyl sites for hydroxylation is 3. The van der Waals surface area contributed by atoms with Crippen LogP contribution in [-0.2, 0) is 4.79 Å². The predicted molar refractivity (Wildman–Crippen MR) is 104 cm³/mol. The second kappa shape index (κ2) is 6.54. The number of hydrogen-bond donors (Lipinski definition) is 0. The number of amides is 2. The molecule has 1 aliphatic heterocycles. The van der Waals surface area contributed by atoms with Crippen molar-refractivity contribution in [2.75, 3.05) is 24.5 Å². The second-order valence-electron chi connectivity index (χ2n) is 7.09. The van der Waals surface area contributed by atoms with Crippen molar-refractivity contribution in [3.05, 3.63) is 65.1 Å². The molecule has 0 radical (unpaired) electrons. The van der Waals surface area contributed by atoms with Crippen LogP contribution in [0, 0.1) is 20.8 Å². The maximum atomic E-state index is 13.1. The van der Waals surface area contributed by atoms with E-state index in [4.69, 9.17) is 0 Å². The summed E-state index contributed by atoms with van der Waals surface area (Å²) in [6.45, 7) is 6.90. The lowest BCUT2D eigenvalue weighted by Crippen LogP contribution is -2.52. The zero-order chi connectivity index (χ0) is 19.1. The van der Waals surface area contributed by atoms with Crippen LogP contribution in [0.4, 0.5) is 5.69 Å². The monoisotopic (exact) mass is 362 g/mol. The molecule has 27 heavy (non-hydrogen) atoms. The third-order valence-electron chi connectivity index (χ3n) is 5.01.